The lowest BCUT2D eigenvalue weighted by Crippen LogP contribution is -2.35. The quantitative estimate of drug-likeness (QED) is 0.776. The third kappa shape index (κ3) is 4.34. The van der Waals surface area contributed by atoms with Crippen LogP contribution in [-0.4, -0.2) is 43.0 Å². The molecular formula is C15H21N3OS. The van der Waals surface area contributed by atoms with Gasteiger partial charge in [0.2, 0.25) is 0 Å². The molecule has 0 aliphatic heterocycles. The fourth-order valence-corrected chi connectivity index (χ4v) is 2.87. The van der Waals surface area contributed by atoms with Gasteiger partial charge < -0.3 is 11.1 Å². The van der Waals surface area contributed by atoms with E-state index in [1.807, 2.05) is 11.4 Å². The van der Waals surface area contributed by atoms with Gasteiger partial charge in [-0.15, -0.1) is 11.3 Å². The van der Waals surface area contributed by atoms with Crippen molar-refractivity contribution in [3.05, 3.63) is 21.9 Å². The molecule has 0 aromatic carbocycles. The van der Waals surface area contributed by atoms with Gasteiger partial charge in [-0.2, -0.15) is 0 Å². The second kappa shape index (κ2) is 7.44. The van der Waals surface area contributed by atoms with Crippen molar-refractivity contribution in [1.29, 1.82) is 0 Å². The number of amides is 1. The summed E-state index contributed by atoms with van der Waals surface area (Å²) >= 11 is 1.48. The molecule has 5 heteroatoms. The Morgan fingerprint density at radius 2 is 2.40 bits per heavy atom. The number of hydrogen-bond acceptors (Lipinski definition) is 4. The van der Waals surface area contributed by atoms with Crippen LogP contribution in [0.4, 0.5) is 0 Å². The minimum Gasteiger partial charge on any atom is -0.351 e. The third-order valence-electron chi connectivity index (χ3n) is 3.33. The Morgan fingerprint density at radius 1 is 1.60 bits per heavy atom. The van der Waals surface area contributed by atoms with Crippen LogP contribution in [0.3, 0.4) is 0 Å². The summed E-state index contributed by atoms with van der Waals surface area (Å²) in [5.41, 5.74) is 6.01. The first kappa shape index (κ1) is 15.0. The van der Waals surface area contributed by atoms with Crippen LogP contribution in [0, 0.1) is 11.8 Å². The molecule has 0 atom stereocenters. The molecule has 0 radical (unpaired) electrons. The minimum atomic E-state index is -0.0195. The van der Waals surface area contributed by atoms with Gasteiger partial charge >= 0.3 is 0 Å². The Bertz CT molecular complexity index is 511. The summed E-state index contributed by atoms with van der Waals surface area (Å²) in [5, 5.41) is 4.81. The van der Waals surface area contributed by atoms with Gasteiger partial charge in [-0.25, -0.2) is 0 Å². The Labute approximate surface area is 124 Å². The van der Waals surface area contributed by atoms with Crippen molar-refractivity contribution >= 4 is 17.2 Å². The van der Waals surface area contributed by atoms with Crippen molar-refractivity contribution in [3.63, 3.8) is 0 Å². The molecule has 1 saturated carbocycles. The molecular weight excluding hydrogens is 270 g/mol. The molecule has 1 amide bonds. The van der Waals surface area contributed by atoms with Gasteiger partial charge in [0, 0.05) is 24.5 Å². The van der Waals surface area contributed by atoms with Crippen LogP contribution >= 0.6 is 11.3 Å². The Hall–Kier alpha value is -1.35. The summed E-state index contributed by atoms with van der Waals surface area (Å²) < 4.78 is 0. The zero-order chi connectivity index (χ0) is 14.4. The number of likely N-dealkylation sites (N-methyl/N-ethyl adjacent to an activating group) is 1. The van der Waals surface area contributed by atoms with Crippen molar-refractivity contribution in [2.45, 2.75) is 25.8 Å². The first-order valence-electron chi connectivity index (χ1n) is 7.04. The van der Waals surface area contributed by atoms with Crippen LogP contribution in [0.15, 0.2) is 11.4 Å². The first-order valence-corrected chi connectivity index (χ1v) is 7.92. The molecule has 108 valence electrons. The maximum Gasteiger partial charge on any atom is 0.252 e. The van der Waals surface area contributed by atoms with Crippen LogP contribution in [-0.2, 0) is 0 Å². The minimum absolute atomic E-state index is 0.0195. The van der Waals surface area contributed by atoms with Crippen molar-refractivity contribution in [2.75, 3.05) is 26.2 Å². The van der Waals surface area contributed by atoms with Crippen LogP contribution in [0.25, 0.3) is 0 Å². The van der Waals surface area contributed by atoms with E-state index in [0.717, 1.165) is 24.0 Å². The standard InChI is InChI=1S/C15H21N3OS/c1-2-18(13-5-6-13)9-8-17-15(19)12-10-14(20-11-12)4-3-7-16/h10-11,13H,2,5-9,16H2,1H3,(H,17,19). The van der Waals surface area contributed by atoms with Crippen molar-refractivity contribution < 1.29 is 4.79 Å². The lowest BCUT2D eigenvalue weighted by molar-refractivity contribution is 0.0948. The Balaban J connectivity index is 1.77. The Morgan fingerprint density at radius 3 is 3.05 bits per heavy atom. The molecule has 1 aromatic rings. The summed E-state index contributed by atoms with van der Waals surface area (Å²) in [6.45, 7) is 5.19. The van der Waals surface area contributed by atoms with E-state index in [1.54, 1.807) is 0 Å². The van der Waals surface area contributed by atoms with E-state index >= 15 is 0 Å². The highest BCUT2D eigenvalue weighted by molar-refractivity contribution is 7.10. The topological polar surface area (TPSA) is 58.4 Å². The number of nitrogens with two attached hydrogens (primary N) is 1. The fourth-order valence-electron chi connectivity index (χ4n) is 2.11. The smallest absolute Gasteiger partial charge is 0.252 e. The summed E-state index contributed by atoms with van der Waals surface area (Å²) in [5.74, 6) is 5.71. The number of carbonyl (C=O) groups excluding carboxylic acids is 1. The first-order chi connectivity index (χ1) is 9.74. The van der Waals surface area contributed by atoms with Gasteiger partial charge in [0.25, 0.3) is 5.91 Å². The molecule has 1 aliphatic carbocycles. The average Bonchev–Trinajstić information content (AvgIpc) is 3.18. The van der Waals surface area contributed by atoms with Gasteiger partial charge in [0.1, 0.15) is 0 Å². The Kier molecular flexibility index (Phi) is 5.60. The van der Waals surface area contributed by atoms with Crippen molar-refractivity contribution in [3.8, 4) is 11.8 Å². The number of nitrogens with one attached hydrogen (secondary N) is 1. The van der Waals surface area contributed by atoms with E-state index in [0.29, 0.717) is 18.7 Å². The lowest BCUT2D eigenvalue weighted by Gasteiger charge is -2.19. The fraction of sp³-hybridized carbons (Fsp3) is 0.533. The summed E-state index contributed by atoms with van der Waals surface area (Å²) in [6.07, 6.45) is 2.60. The SMILES string of the molecule is CCN(CCNC(=O)c1csc(C#CCN)c1)C1CC1. The number of carbonyl (C=O) groups is 1. The lowest BCUT2D eigenvalue weighted by atomic mass is 10.3. The average molecular weight is 291 g/mol. The van der Waals surface area contributed by atoms with E-state index in [-0.39, 0.29) is 5.91 Å². The third-order valence-corrected chi connectivity index (χ3v) is 4.17. The number of rotatable bonds is 6. The number of hydrogen-bond donors (Lipinski definition) is 2. The zero-order valence-electron chi connectivity index (χ0n) is 11.8. The highest BCUT2D eigenvalue weighted by atomic mass is 32.1. The van der Waals surface area contributed by atoms with E-state index in [1.165, 1.54) is 24.2 Å². The molecule has 0 saturated heterocycles. The van der Waals surface area contributed by atoms with Crippen LogP contribution in [0.2, 0.25) is 0 Å². The molecule has 1 aliphatic rings. The number of thiophene rings is 1. The normalized spacial score (nSPS) is 13.9. The second-order valence-electron chi connectivity index (χ2n) is 4.82. The van der Waals surface area contributed by atoms with Gasteiger partial charge in [-0.05, 0) is 25.5 Å². The molecule has 0 bridgehead atoms. The molecule has 0 unspecified atom stereocenters. The summed E-state index contributed by atoms with van der Waals surface area (Å²) in [4.78, 5) is 15.3. The zero-order valence-corrected chi connectivity index (χ0v) is 12.6. The van der Waals surface area contributed by atoms with Crippen LogP contribution < -0.4 is 11.1 Å². The van der Waals surface area contributed by atoms with Crippen molar-refractivity contribution in [1.82, 2.24) is 10.2 Å². The predicted molar refractivity (Wildman–Crippen MR) is 82.9 cm³/mol. The molecule has 20 heavy (non-hydrogen) atoms. The van der Waals surface area contributed by atoms with Crippen LogP contribution in [0.1, 0.15) is 35.0 Å². The predicted octanol–water partition coefficient (Wildman–Crippen LogP) is 1.27. The summed E-state index contributed by atoms with van der Waals surface area (Å²) in [6, 6.07) is 2.57. The molecule has 3 N–H and O–H groups in total. The second-order valence-corrected chi connectivity index (χ2v) is 5.73. The molecule has 4 nitrogen and oxygen atoms in total. The van der Waals surface area contributed by atoms with Gasteiger partial charge in [0.15, 0.2) is 0 Å². The van der Waals surface area contributed by atoms with E-state index in [2.05, 4.69) is 29.0 Å². The number of nitrogens with zero attached hydrogens (tertiary/aromatic N) is 1. The molecule has 1 aromatic heterocycles. The highest BCUT2D eigenvalue weighted by Gasteiger charge is 2.27. The van der Waals surface area contributed by atoms with Gasteiger partial charge in [0.05, 0.1) is 17.0 Å². The molecule has 0 spiro atoms. The monoisotopic (exact) mass is 291 g/mol. The molecule has 1 heterocycles. The molecule has 1 fully saturated rings. The van der Waals surface area contributed by atoms with Crippen LogP contribution in [0.5, 0.6) is 0 Å². The van der Waals surface area contributed by atoms with E-state index < -0.39 is 0 Å². The summed E-state index contributed by atoms with van der Waals surface area (Å²) in [7, 11) is 0. The highest BCUT2D eigenvalue weighted by Crippen LogP contribution is 2.25. The maximum atomic E-state index is 12.0. The molecule has 2 rings (SSSR count). The maximum absolute atomic E-state index is 12.0. The van der Waals surface area contributed by atoms with E-state index in [9.17, 15) is 4.79 Å². The van der Waals surface area contributed by atoms with Gasteiger partial charge in [-0.1, -0.05) is 18.8 Å². The largest absolute Gasteiger partial charge is 0.351 e. The van der Waals surface area contributed by atoms with E-state index in [4.69, 9.17) is 5.73 Å². The van der Waals surface area contributed by atoms with Gasteiger partial charge in [-0.3, -0.25) is 9.69 Å². The van der Waals surface area contributed by atoms with Crippen molar-refractivity contribution in [2.24, 2.45) is 5.73 Å².